The third-order valence-corrected chi connectivity index (χ3v) is 5.45. The number of hydrogen-bond donors (Lipinski definition) is 7. The summed E-state index contributed by atoms with van der Waals surface area (Å²) < 4.78 is 0. The number of likely N-dealkylation sites (tertiary alicyclic amines) is 1. The molecule has 1 rings (SSSR count). The lowest BCUT2D eigenvalue weighted by Gasteiger charge is -2.29. The van der Waals surface area contributed by atoms with Gasteiger partial charge in [0.05, 0.1) is 12.5 Å². The Labute approximate surface area is 203 Å². The highest BCUT2D eigenvalue weighted by Crippen LogP contribution is 2.20. The first kappa shape index (κ1) is 29.6. The third kappa shape index (κ3) is 10.2. The molecule has 4 unspecified atom stereocenters. The standard InChI is InChI=1S/C21H37N7O7/c1-11(2)9-12(22)17(31)27-14(10-16(29)30)19(33)28-8-4-6-15(28)18(32)26-13(20(34)35)5-3-7-25-21(23)24/h11-15H,3-10,22H2,1-2H3,(H,26,32)(H,27,31)(H,29,30)(H,34,35)(H4,23,24,25). The molecule has 0 aliphatic carbocycles. The summed E-state index contributed by atoms with van der Waals surface area (Å²) >= 11 is 0. The molecule has 35 heavy (non-hydrogen) atoms. The van der Waals surface area contributed by atoms with Crippen molar-refractivity contribution in [2.45, 2.75) is 76.5 Å². The molecule has 14 nitrogen and oxygen atoms in total. The van der Waals surface area contributed by atoms with Crippen LogP contribution in [0.4, 0.5) is 0 Å². The lowest BCUT2D eigenvalue weighted by molar-refractivity contribution is -0.147. The minimum absolute atomic E-state index is 0.0595. The molecular weight excluding hydrogens is 462 g/mol. The summed E-state index contributed by atoms with van der Waals surface area (Å²) in [5, 5.41) is 23.5. The lowest BCUT2D eigenvalue weighted by atomic mass is 10.0. The van der Waals surface area contributed by atoms with Crippen LogP contribution >= 0.6 is 0 Å². The van der Waals surface area contributed by atoms with Gasteiger partial charge in [-0.3, -0.25) is 24.2 Å². The number of carbonyl (C=O) groups excluding carboxylic acids is 3. The van der Waals surface area contributed by atoms with Gasteiger partial charge in [0.2, 0.25) is 17.7 Å². The van der Waals surface area contributed by atoms with Gasteiger partial charge in [0, 0.05) is 13.1 Å². The molecule has 1 heterocycles. The Morgan fingerprint density at radius 2 is 1.74 bits per heavy atom. The highest BCUT2D eigenvalue weighted by molar-refractivity contribution is 5.96. The van der Waals surface area contributed by atoms with Crippen molar-refractivity contribution < 1.29 is 34.2 Å². The quantitative estimate of drug-likeness (QED) is 0.0781. The molecule has 4 atom stereocenters. The Hall–Kier alpha value is -3.42. The summed E-state index contributed by atoms with van der Waals surface area (Å²) in [6.07, 6.45) is 0.724. The molecule has 0 spiro atoms. The number of carboxylic acids is 2. The summed E-state index contributed by atoms with van der Waals surface area (Å²) in [4.78, 5) is 66.3. The van der Waals surface area contributed by atoms with Gasteiger partial charge in [-0.1, -0.05) is 13.8 Å². The monoisotopic (exact) mass is 499 g/mol. The van der Waals surface area contributed by atoms with E-state index in [-0.39, 0.29) is 37.8 Å². The van der Waals surface area contributed by atoms with Crippen LogP contribution in [0.2, 0.25) is 0 Å². The fraction of sp³-hybridized carbons (Fsp3) is 0.714. The number of carbonyl (C=O) groups is 5. The number of hydrogen-bond acceptors (Lipinski definition) is 7. The van der Waals surface area contributed by atoms with Crippen molar-refractivity contribution in [3.05, 3.63) is 0 Å². The van der Waals surface area contributed by atoms with Gasteiger partial charge >= 0.3 is 11.9 Å². The second-order valence-electron chi connectivity index (χ2n) is 8.93. The minimum atomic E-state index is -1.42. The fourth-order valence-electron chi connectivity index (χ4n) is 3.80. The molecule has 0 radical (unpaired) electrons. The molecule has 1 aliphatic rings. The van der Waals surface area contributed by atoms with Crippen molar-refractivity contribution in [3.8, 4) is 0 Å². The van der Waals surface area contributed by atoms with Crippen LogP contribution in [0.5, 0.6) is 0 Å². The van der Waals surface area contributed by atoms with Crippen LogP contribution < -0.4 is 27.8 Å². The number of nitrogens with two attached hydrogens (primary N) is 3. The number of nitrogens with one attached hydrogen (secondary N) is 2. The largest absolute Gasteiger partial charge is 0.481 e. The summed E-state index contributed by atoms with van der Waals surface area (Å²) in [7, 11) is 0. The van der Waals surface area contributed by atoms with E-state index in [1.165, 1.54) is 4.90 Å². The van der Waals surface area contributed by atoms with E-state index in [1.807, 2.05) is 13.8 Å². The van der Waals surface area contributed by atoms with E-state index in [9.17, 15) is 34.2 Å². The average molecular weight is 500 g/mol. The number of amides is 3. The fourth-order valence-corrected chi connectivity index (χ4v) is 3.80. The van der Waals surface area contributed by atoms with Gasteiger partial charge in [-0.15, -0.1) is 0 Å². The number of rotatable bonds is 14. The first-order valence-electron chi connectivity index (χ1n) is 11.5. The van der Waals surface area contributed by atoms with Crippen LogP contribution in [0.3, 0.4) is 0 Å². The Morgan fingerprint density at radius 1 is 1.09 bits per heavy atom. The van der Waals surface area contributed by atoms with Gasteiger partial charge in [0.15, 0.2) is 5.96 Å². The number of guanidine groups is 1. The maximum atomic E-state index is 13.1. The highest BCUT2D eigenvalue weighted by Gasteiger charge is 2.39. The molecule has 0 bridgehead atoms. The molecule has 14 heteroatoms. The minimum Gasteiger partial charge on any atom is -0.481 e. The van der Waals surface area contributed by atoms with Gasteiger partial charge in [-0.2, -0.15) is 0 Å². The normalized spacial score (nSPS) is 17.8. The van der Waals surface area contributed by atoms with Crippen LogP contribution in [0.1, 0.15) is 52.4 Å². The highest BCUT2D eigenvalue weighted by atomic mass is 16.4. The molecule has 198 valence electrons. The predicted molar refractivity (Wildman–Crippen MR) is 126 cm³/mol. The van der Waals surface area contributed by atoms with Crippen molar-refractivity contribution in [1.82, 2.24) is 15.5 Å². The molecule has 0 aromatic heterocycles. The molecular formula is C21H37N7O7. The summed E-state index contributed by atoms with van der Waals surface area (Å²) in [5.41, 5.74) is 16.3. The maximum absolute atomic E-state index is 13.1. The summed E-state index contributed by atoms with van der Waals surface area (Å²) in [6, 6.07) is -4.56. The Morgan fingerprint density at radius 3 is 2.29 bits per heavy atom. The number of aliphatic carboxylic acids is 2. The molecule has 1 aliphatic heterocycles. The van der Waals surface area contributed by atoms with Crippen molar-refractivity contribution in [3.63, 3.8) is 0 Å². The van der Waals surface area contributed by atoms with Crippen LogP contribution in [-0.4, -0.2) is 88.0 Å². The number of carboxylic acid groups (broad SMARTS) is 2. The van der Waals surface area contributed by atoms with Gasteiger partial charge < -0.3 is 42.9 Å². The van der Waals surface area contributed by atoms with Gasteiger partial charge in [-0.05, 0) is 38.0 Å². The zero-order valence-corrected chi connectivity index (χ0v) is 20.1. The molecule has 0 aromatic rings. The maximum Gasteiger partial charge on any atom is 0.326 e. The second-order valence-corrected chi connectivity index (χ2v) is 8.93. The van der Waals surface area contributed by atoms with E-state index in [1.54, 1.807) is 0 Å². The van der Waals surface area contributed by atoms with Crippen molar-refractivity contribution in [2.75, 3.05) is 13.1 Å². The van der Waals surface area contributed by atoms with E-state index < -0.39 is 60.2 Å². The van der Waals surface area contributed by atoms with Crippen LogP contribution in [0.15, 0.2) is 4.99 Å². The first-order valence-corrected chi connectivity index (χ1v) is 11.5. The number of nitrogens with zero attached hydrogens (tertiary/aromatic N) is 2. The topological polar surface area (TPSA) is 244 Å². The Bertz CT molecular complexity index is 814. The Balaban J connectivity index is 2.90. The van der Waals surface area contributed by atoms with E-state index in [0.29, 0.717) is 19.3 Å². The molecule has 3 amide bonds. The van der Waals surface area contributed by atoms with E-state index in [0.717, 1.165) is 0 Å². The predicted octanol–water partition coefficient (Wildman–Crippen LogP) is -2.07. The van der Waals surface area contributed by atoms with Crippen molar-refractivity contribution in [1.29, 1.82) is 0 Å². The SMILES string of the molecule is CC(C)CC(N)C(=O)NC(CC(=O)O)C(=O)N1CCCC1C(=O)NC(CCCN=C(N)N)C(=O)O. The average Bonchev–Trinajstić information content (AvgIpc) is 3.23. The zero-order chi connectivity index (χ0) is 26.7. The molecule has 1 fully saturated rings. The van der Waals surface area contributed by atoms with Gasteiger partial charge in [0.25, 0.3) is 0 Å². The van der Waals surface area contributed by atoms with Gasteiger partial charge in [0.1, 0.15) is 18.1 Å². The molecule has 0 aromatic carbocycles. The summed E-state index contributed by atoms with van der Waals surface area (Å²) in [5.74, 6) is -4.67. The molecule has 1 saturated heterocycles. The lowest BCUT2D eigenvalue weighted by Crippen LogP contribution is -2.57. The first-order chi connectivity index (χ1) is 16.3. The number of aliphatic imine (C=N–C) groups is 1. The van der Waals surface area contributed by atoms with Crippen LogP contribution in [-0.2, 0) is 24.0 Å². The van der Waals surface area contributed by atoms with Crippen molar-refractivity contribution in [2.24, 2.45) is 28.1 Å². The van der Waals surface area contributed by atoms with Crippen LogP contribution in [0.25, 0.3) is 0 Å². The third-order valence-electron chi connectivity index (χ3n) is 5.45. The van der Waals surface area contributed by atoms with Crippen molar-refractivity contribution >= 4 is 35.6 Å². The second kappa shape index (κ2) is 14.1. The van der Waals surface area contributed by atoms with E-state index >= 15 is 0 Å². The molecule has 10 N–H and O–H groups in total. The van der Waals surface area contributed by atoms with Crippen LogP contribution in [0, 0.1) is 5.92 Å². The van der Waals surface area contributed by atoms with E-state index in [4.69, 9.17) is 17.2 Å². The molecule has 0 saturated carbocycles. The smallest absolute Gasteiger partial charge is 0.326 e. The zero-order valence-electron chi connectivity index (χ0n) is 20.1. The Kier molecular flexibility index (Phi) is 11.9. The van der Waals surface area contributed by atoms with Gasteiger partial charge in [-0.25, -0.2) is 4.79 Å². The summed E-state index contributed by atoms with van der Waals surface area (Å²) in [6.45, 7) is 4.08. The van der Waals surface area contributed by atoms with E-state index in [2.05, 4.69) is 15.6 Å².